The molecule has 0 amide bonds. The quantitative estimate of drug-likeness (QED) is 0.808. The van der Waals surface area contributed by atoms with Crippen molar-refractivity contribution in [2.24, 2.45) is 4.36 Å². The molecule has 2 N–H and O–H groups in total. The molecule has 0 bridgehead atoms. The monoisotopic (exact) mass is 294 g/mol. The molecular weight excluding hydrogens is 292 g/mol. The van der Waals surface area contributed by atoms with Gasteiger partial charge in [-0.15, -0.1) is 0 Å². The normalized spacial score (nSPS) is 9.64. The van der Waals surface area contributed by atoms with Gasteiger partial charge in [0.25, 0.3) is 0 Å². The van der Waals surface area contributed by atoms with E-state index in [1.165, 1.54) is 0 Å². The first-order valence-corrected chi connectivity index (χ1v) is 4.68. The molecule has 1 aromatic carbocycles. The zero-order valence-electron chi connectivity index (χ0n) is 5.34. The van der Waals surface area contributed by atoms with Crippen molar-refractivity contribution in [3.05, 3.63) is 21.1 Å². The molecule has 0 saturated heterocycles. The number of hydrogen-bond donors (Lipinski definition) is 1. The first-order chi connectivity index (χ1) is 5.16. The average molecular weight is 296 g/mol. The van der Waals surface area contributed by atoms with Crippen LogP contribution in [0.3, 0.4) is 0 Å². The Morgan fingerprint density at radius 3 is 2.27 bits per heavy atom. The van der Waals surface area contributed by atoms with Gasteiger partial charge in [0, 0.05) is 21.4 Å². The maximum Gasteiger partial charge on any atom is 0.115 e. The zero-order chi connectivity index (χ0) is 8.43. The van der Waals surface area contributed by atoms with Crippen LogP contribution in [0.15, 0.2) is 25.4 Å². The summed E-state index contributed by atoms with van der Waals surface area (Å²) in [5.41, 5.74) is 6.83. The zero-order valence-corrected chi connectivity index (χ0v) is 9.33. The fraction of sp³-hybridized carbons (Fsp3) is 0. The number of nitrogens with zero attached hydrogens (tertiary/aromatic N) is 1. The van der Waals surface area contributed by atoms with E-state index in [4.69, 9.17) is 5.73 Å². The summed E-state index contributed by atoms with van der Waals surface area (Å²) in [6.45, 7) is 0. The molecule has 0 spiro atoms. The van der Waals surface area contributed by atoms with Gasteiger partial charge in [-0.05, 0) is 44.0 Å². The molecule has 0 heterocycles. The summed E-state index contributed by atoms with van der Waals surface area (Å²) < 4.78 is 5.23. The fourth-order valence-corrected chi connectivity index (χ4v) is 1.72. The molecule has 0 atom stereocenters. The van der Waals surface area contributed by atoms with Gasteiger partial charge in [0.2, 0.25) is 0 Å². The SMILES string of the molecule is Nc1c(Br)ccc(Br)c1N=S. The van der Waals surface area contributed by atoms with Crippen molar-refractivity contribution in [2.45, 2.75) is 0 Å². The van der Waals surface area contributed by atoms with Crippen LogP contribution in [0.1, 0.15) is 0 Å². The average Bonchev–Trinajstić information content (AvgIpc) is 1.99. The third-order valence-corrected chi connectivity index (χ3v) is 2.72. The molecule has 0 saturated carbocycles. The van der Waals surface area contributed by atoms with Crippen LogP contribution in [0.4, 0.5) is 11.4 Å². The molecule has 0 aliphatic heterocycles. The Hall–Kier alpha value is -0.0000000000000000833. The number of rotatable bonds is 1. The van der Waals surface area contributed by atoms with Crippen LogP contribution in [0.5, 0.6) is 0 Å². The Labute approximate surface area is 86.6 Å². The summed E-state index contributed by atoms with van der Waals surface area (Å²) in [6.07, 6.45) is 0. The lowest BCUT2D eigenvalue weighted by Gasteiger charge is -2.02. The van der Waals surface area contributed by atoms with E-state index in [1.54, 1.807) is 0 Å². The lowest BCUT2D eigenvalue weighted by atomic mass is 10.3. The van der Waals surface area contributed by atoms with E-state index in [0.717, 1.165) is 8.95 Å². The van der Waals surface area contributed by atoms with Crippen LogP contribution in [0.25, 0.3) is 0 Å². The number of hydrogen-bond acceptors (Lipinski definition) is 3. The van der Waals surface area contributed by atoms with Gasteiger partial charge in [-0.2, -0.15) is 4.36 Å². The minimum atomic E-state index is 0.564. The summed E-state index contributed by atoms with van der Waals surface area (Å²) in [7, 11) is 0. The number of anilines is 1. The molecule has 0 radical (unpaired) electrons. The standard InChI is InChI=1S/C6H4Br2N2S/c7-3-1-2-4(8)6(10-11)5(3)9/h1-2H,9H2. The highest BCUT2D eigenvalue weighted by molar-refractivity contribution is 9.11. The minimum absolute atomic E-state index is 0.564. The molecule has 2 nitrogen and oxygen atoms in total. The number of nitrogens with two attached hydrogens (primary N) is 1. The summed E-state index contributed by atoms with van der Waals surface area (Å²) in [5, 5.41) is 0. The Morgan fingerprint density at radius 1 is 1.27 bits per heavy atom. The molecule has 0 fully saturated rings. The van der Waals surface area contributed by atoms with E-state index in [0.29, 0.717) is 11.4 Å². The smallest absolute Gasteiger partial charge is 0.115 e. The maximum absolute atomic E-state index is 5.66. The molecule has 0 unspecified atom stereocenters. The van der Waals surface area contributed by atoms with Gasteiger partial charge in [-0.25, -0.2) is 0 Å². The van der Waals surface area contributed by atoms with Gasteiger partial charge in [0.1, 0.15) is 5.69 Å². The second-order valence-corrected chi connectivity index (χ2v) is 3.77. The second-order valence-electron chi connectivity index (χ2n) is 1.88. The van der Waals surface area contributed by atoms with E-state index in [2.05, 4.69) is 48.6 Å². The van der Waals surface area contributed by atoms with Gasteiger partial charge >= 0.3 is 0 Å². The highest BCUT2D eigenvalue weighted by atomic mass is 79.9. The molecule has 5 heteroatoms. The van der Waals surface area contributed by atoms with Gasteiger partial charge in [-0.3, -0.25) is 0 Å². The molecule has 11 heavy (non-hydrogen) atoms. The minimum Gasteiger partial charge on any atom is -0.396 e. The molecule has 58 valence electrons. The first-order valence-electron chi connectivity index (χ1n) is 2.73. The predicted octanol–water partition coefficient (Wildman–Crippen LogP) is 3.16. The summed E-state index contributed by atoms with van der Waals surface area (Å²) >= 11 is 11.1. The van der Waals surface area contributed by atoms with Crippen molar-refractivity contribution < 1.29 is 0 Å². The summed E-state index contributed by atoms with van der Waals surface area (Å²) in [6, 6.07) is 3.68. The van der Waals surface area contributed by atoms with Gasteiger partial charge in [-0.1, -0.05) is 0 Å². The number of benzene rings is 1. The number of nitrogen functional groups attached to an aromatic ring is 1. The highest BCUT2D eigenvalue weighted by Gasteiger charge is 2.05. The molecule has 1 aromatic rings. The van der Waals surface area contributed by atoms with Crippen molar-refractivity contribution >= 4 is 55.7 Å². The van der Waals surface area contributed by atoms with Crippen LogP contribution in [0, 0.1) is 0 Å². The highest BCUT2D eigenvalue weighted by Crippen LogP contribution is 2.36. The molecular formula is C6H4Br2N2S. The lowest BCUT2D eigenvalue weighted by Crippen LogP contribution is -1.87. The Balaban J connectivity index is 3.40. The van der Waals surface area contributed by atoms with Crippen LogP contribution in [-0.4, -0.2) is 0 Å². The second kappa shape index (κ2) is 3.60. The van der Waals surface area contributed by atoms with Gasteiger partial charge < -0.3 is 5.73 Å². The van der Waals surface area contributed by atoms with Crippen LogP contribution in [-0.2, 0) is 12.4 Å². The molecule has 0 aliphatic rings. The van der Waals surface area contributed by atoms with E-state index >= 15 is 0 Å². The van der Waals surface area contributed by atoms with Crippen molar-refractivity contribution in [3.63, 3.8) is 0 Å². The predicted molar refractivity (Wildman–Crippen MR) is 55.7 cm³/mol. The third kappa shape index (κ3) is 1.77. The van der Waals surface area contributed by atoms with E-state index in [9.17, 15) is 0 Å². The van der Waals surface area contributed by atoms with E-state index < -0.39 is 0 Å². The van der Waals surface area contributed by atoms with Crippen LogP contribution >= 0.6 is 31.9 Å². The van der Waals surface area contributed by atoms with Gasteiger partial charge in [0.15, 0.2) is 0 Å². The molecule has 0 aliphatic carbocycles. The third-order valence-electron chi connectivity index (χ3n) is 1.21. The molecule has 0 aromatic heterocycles. The first kappa shape index (κ1) is 9.09. The fourth-order valence-electron chi connectivity index (χ4n) is 0.650. The van der Waals surface area contributed by atoms with Crippen molar-refractivity contribution in [1.29, 1.82) is 0 Å². The van der Waals surface area contributed by atoms with E-state index in [1.807, 2.05) is 12.1 Å². The van der Waals surface area contributed by atoms with E-state index in [-0.39, 0.29) is 0 Å². The van der Waals surface area contributed by atoms with Crippen LogP contribution in [0.2, 0.25) is 0 Å². The Morgan fingerprint density at radius 2 is 1.82 bits per heavy atom. The topological polar surface area (TPSA) is 38.4 Å². The van der Waals surface area contributed by atoms with Crippen molar-refractivity contribution in [1.82, 2.24) is 0 Å². The maximum atomic E-state index is 5.66. The Kier molecular flexibility index (Phi) is 2.98. The van der Waals surface area contributed by atoms with Crippen molar-refractivity contribution in [3.8, 4) is 0 Å². The van der Waals surface area contributed by atoms with Gasteiger partial charge in [0.05, 0.1) is 5.69 Å². The Bertz CT molecular complexity index is 301. The van der Waals surface area contributed by atoms with Crippen molar-refractivity contribution in [2.75, 3.05) is 5.73 Å². The molecule has 1 rings (SSSR count). The largest absolute Gasteiger partial charge is 0.396 e. The van der Waals surface area contributed by atoms with Crippen LogP contribution < -0.4 is 5.73 Å². The summed E-state index contributed by atoms with van der Waals surface area (Å²) in [5.74, 6) is 0. The summed E-state index contributed by atoms with van der Waals surface area (Å²) in [4.78, 5) is 0. The lowest BCUT2D eigenvalue weighted by molar-refractivity contribution is 1.51. The number of halogens is 2.